The van der Waals surface area contributed by atoms with Gasteiger partial charge in [0.05, 0.1) is 0 Å². The Kier molecular flexibility index (Phi) is 3.29. The first-order valence-corrected chi connectivity index (χ1v) is 5.50. The van der Waals surface area contributed by atoms with E-state index in [1.54, 1.807) is 0 Å². The van der Waals surface area contributed by atoms with Crippen LogP contribution in [0.5, 0.6) is 0 Å². The quantitative estimate of drug-likeness (QED) is 0.734. The van der Waals surface area contributed by atoms with Crippen molar-refractivity contribution >= 4 is 12.4 Å². The Balaban J connectivity index is 0.000000845. The van der Waals surface area contributed by atoms with Crippen LogP contribution in [-0.2, 0) is 0 Å². The summed E-state index contributed by atoms with van der Waals surface area (Å²) in [4.78, 5) is 0. The van der Waals surface area contributed by atoms with Gasteiger partial charge in [-0.05, 0) is 49.4 Å². The summed E-state index contributed by atoms with van der Waals surface area (Å²) in [6.45, 7) is 4.65. The predicted octanol–water partition coefficient (Wildman–Crippen LogP) is 2.97. The zero-order valence-electron chi connectivity index (χ0n) is 8.75. The second-order valence-corrected chi connectivity index (χ2v) is 4.74. The molecular weight excluding hydrogens is 182 g/mol. The van der Waals surface area contributed by atoms with Gasteiger partial charge in [0.1, 0.15) is 0 Å². The predicted molar refractivity (Wildman–Crippen MR) is 59.1 cm³/mol. The van der Waals surface area contributed by atoms with E-state index in [4.69, 9.17) is 5.73 Å². The van der Waals surface area contributed by atoms with Gasteiger partial charge in [-0.3, -0.25) is 0 Å². The molecule has 2 bridgehead atoms. The average Bonchev–Trinajstić information content (AvgIpc) is 2.64. The van der Waals surface area contributed by atoms with Gasteiger partial charge in [-0.2, -0.15) is 0 Å². The van der Waals surface area contributed by atoms with Crippen LogP contribution in [0.15, 0.2) is 0 Å². The molecule has 2 heteroatoms. The molecule has 2 saturated carbocycles. The van der Waals surface area contributed by atoms with E-state index in [0.717, 1.165) is 11.8 Å². The largest absolute Gasteiger partial charge is 0.327 e. The molecule has 0 radical (unpaired) electrons. The molecule has 0 unspecified atom stereocenters. The van der Waals surface area contributed by atoms with E-state index in [-0.39, 0.29) is 12.4 Å². The van der Waals surface area contributed by atoms with Crippen molar-refractivity contribution in [1.29, 1.82) is 0 Å². The van der Waals surface area contributed by atoms with Gasteiger partial charge in [0.25, 0.3) is 0 Å². The third kappa shape index (κ3) is 1.32. The summed E-state index contributed by atoms with van der Waals surface area (Å²) < 4.78 is 0. The van der Waals surface area contributed by atoms with Crippen molar-refractivity contribution < 1.29 is 0 Å². The fourth-order valence-corrected chi connectivity index (χ4v) is 3.91. The van der Waals surface area contributed by atoms with Crippen LogP contribution in [0.2, 0.25) is 0 Å². The third-order valence-electron chi connectivity index (χ3n) is 4.77. The van der Waals surface area contributed by atoms with E-state index in [1.165, 1.54) is 32.1 Å². The van der Waals surface area contributed by atoms with E-state index in [2.05, 4.69) is 13.8 Å². The average molecular weight is 204 g/mol. The normalized spacial score (nSPS) is 40.4. The lowest BCUT2D eigenvalue weighted by Crippen LogP contribution is -2.45. The highest BCUT2D eigenvalue weighted by atomic mass is 35.5. The molecule has 0 aromatic heterocycles. The van der Waals surface area contributed by atoms with E-state index in [9.17, 15) is 0 Å². The van der Waals surface area contributed by atoms with Crippen LogP contribution in [-0.4, -0.2) is 6.04 Å². The summed E-state index contributed by atoms with van der Waals surface area (Å²) in [5.41, 5.74) is 6.85. The number of rotatable bonds is 2. The lowest BCUT2D eigenvalue weighted by atomic mass is 9.67. The molecule has 13 heavy (non-hydrogen) atoms. The van der Waals surface area contributed by atoms with Crippen LogP contribution in [0.3, 0.4) is 0 Å². The number of hydrogen-bond acceptors (Lipinski definition) is 1. The van der Waals surface area contributed by atoms with Crippen LogP contribution < -0.4 is 5.73 Å². The van der Waals surface area contributed by atoms with Gasteiger partial charge in [0.2, 0.25) is 0 Å². The molecule has 78 valence electrons. The second-order valence-electron chi connectivity index (χ2n) is 4.74. The standard InChI is InChI=1S/C11H21N.ClH/c1-3-11(4-2)9-6-5-8(7-9)10(11)12;/h8-10H,3-7,12H2,1-2H3;1H/t8-,9+,10-;/m1./s1. The molecule has 0 aromatic rings. The summed E-state index contributed by atoms with van der Waals surface area (Å²) in [6.07, 6.45) is 6.90. The van der Waals surface area contributed by atoms with Gasteiger partial charge < -0.3 is 5.73 Å². The molecular formula is C11H22ClN. The molecule has 2 fully saturated rings. The lowest BCUT2D eigenvalue weighted by molar-refractivity contribution is 0.119. The second kappa shape index (κ2) is 3.78. The molecule has 0 aliphatic heterocycles. The highest BCUT2D eigenvalue weighted by molar-refractivity contribution is 5.85. The van der Waals surface area contributed by atoms with E-state index >= 15 is 0 Å². The summed E-state index contributed by atoms with van der Waals surface area (Å²) >= 11 is 0. The lowest BCUT2D eigenvalue weighted by Gasteiger charge is -2.41. The van der Waals surface area contributed by atoms with Crippen molar-refractivity contribution in [2.45, 2.75) is 52.0 Å². The molecule has 3 atom stereocenters. The fraction of sp³-hybridized carbons (Fsp3) is 1.00. The van der Waals surface area contributed by atoms with Gasteiger partial charge >= 0.3 is 0 Å². The van der Waals surface area contributed by atoms with Crippen molar-refractivity contribution in [3.8, 4) is 0 Å². The Labute approximate surface area is 87.9 Å². The minimum atomic E-state index is 0. The van der Waals surface area contributed by atoms with Gasteiger partial charge in [-0.1, -0.05) is 13.8 Å². The zero-order chi connectivity index (χ0) is 8.77. The molecule has 0 heterocycles. The Morgan fingerprint density at radius 2 is 1.85 bits per heavy atom. The van der Waals surface area contributed by atoms with Crippen LogP contribution in [0.4, 0.5) is 0 Å². The van der Waals surface area contributed by atoms with Crippen LogP contribution >= 0.6 is 12.4 Å². The first-order chi connectivity index (χ1) is 5.74. The van der Waals surface area contributed by atoms with Crippen molar-refractivity contribution in [1.82, 2.24) is 0 Å². The van der Waals surface area contributed by atoms with Gasteiger partial charge in [0.15, 0.2) is 0 Å². The highest BCUT2D eigenvalue weighted by Gasteiger charge is 2.54. The van der Waals surface area contributed by atoms with Crippen molar-refractivity contribution in [3.05, 3.63) is 0 Å². The Bertz CT molecular complexity index is 173. The number of halogens is 1. The molecule has 0 saturated heterocycles. The summed E-state index contributed by atoms with van der Waals surface area (Å²) in [6, 6.07) is 0.520. The first kappa shape index (κ1) is 11.3. The highest BCUT2D eigenvalue weighted by Crippen LogP contribution is 2.58. The molecule has 0 spiro atoms. The summed E-state index contributed by atoms with van der Waals surface area (Å²) in [7, 11) is 0. The number of nitrogens with two attached hydrogens (primary N) is 1. The topological polar surface area (TPSA) is 26.0 Å². The molecule has 0 aromatic carbocycles. The zero-order valence-corrected chi connectivity index (χ0v) is 9.57. The fourth-order valence-electron chi connectivity index (χ4n) is 3.91. The monoisotopic (exact) mass is 203 g/mol. The van der Waals surface area contributed by atoms with Gasteiger partial charge in [-0.25, -0.2) is 0 Å². The Hall–Kier alpha value is 0.250. The molecule has 2 rings (SSSR count). The van der Waals surface area contributed by atoms with E-state index in [0.29, 0.717) is 11.5 Å². The smallest absolute Gasteiger partial charge is 0.0127 e. The Morgan fingerprint density at radius 3 is 2.15 bits per heavy atom. The number of hydrogen-bond donors (Lipinski definition) is 1. The van der Waals surface area contributed by atoms with Crippen molar-refractivity contribution in [3.63, 3.8) is 0 Å². The third-order valence-corrected chi connectivity index (χ3v) is 4.77. The Morgan fingerprint density at radius 1 is 1.23 bits per heavy atom. The molecule has 2 N–H and O–H groups in total. The van der Waals surface area contributed by atoms with Gasteiger partial charge in [-0.15, -0.1) is 12.4 Å². The maximum absolute atomic E-state index is 6.32. The maximum atomic E-state index is 6.32. The molecule has 1 nitrogen and oxygen atoms in total. The van der Waals surface area contributed by atoms with Crippen molar-refractivity contribution in [2.75, 3.05) is 0 Å². The van der Waals surface area contributed by atoms with Crippen LogP contribution in [0.1, 0.15) is 46.0 Å². The summed E-state index contributed by atoms with van der Waals surface area (Å²) in [5, 5.41) is 0. The van der Waals surface area contributed by atoms with Crippen molar-refractivity contribution in [2.24, 2.45) is 23.0 Å². The molecule has 0 amide bonds. The minimum absolute atomic E-state index is 0. The van der Waals surface area contributed by atoms with E-state index < -0.39 is 0 Å². The molecule has 2 aliphatic rings. The van der Waals surface area contributed by atoms with Crippen LogP contribution in [0, 0.1) is 17.3 Å². The summed E-state index contributed by atoms with van der Waals surface area (Å²) in [5.74, 6) is 1.84. The van der Waals surface area contributed by atoms with Crippen LogP contribution in [0.25, 0.3) is 0 Å². The minimum Gasteiger partial charge on any atom is -0.327 e. The van der Waals surface area contributed by atoms with E-state index in [1.807, 2.05) is 0 Å². The SMILES string of the molecule is CCC1(CC)[C@H]2CC[C@H](C2)[C@H]1N.Cl. The number of fused-ring (bicyclic) bond motifs is 2. The first-order valence-electron chi connectivity index (χ1n) is 5.50. The molecule has 2 aliphatic carbocycles. The maximum Gasteiger partial charge on any atom is 0.0127 e. The van der Waals surface area contributed by atoms with Gasteiger partial charge in [0, 0.05) is 6.04 Å².